The fourth-order valence-electron chi connectivity index (χ4n) is 2.46. The van der Waals surface area contributed by atoms with Crippen LogP contribution in [0.4, 0.5) is 5.82 Å². The Kier molecular flexibility index (Phi) is 7.26. The van der Waals surface area contributed by atoms with Crippen molar-refractivity contribution in [2.24, 2.45) is 5.92 Å². The van der Waals surface area contributed by atoms with Crippen molar-refractivity contribution in [1.82, 2.24) is 9.55 Å². The van der Waals surface area contributed by atoms with Crippen LogP contribution in [0.25, 0.3) is 0 Å². The molecule has 0 unspecified atom stereocenters. The van der Waals surface area contributed by atoms with Crippen LogP contribution in [0, 0.1) is 5.92 Å². The summed E-state index contributed by atoms with van der Waals surface area (Å²) in [6.07, 6.45) is 6.82. The van der Waals surface area contributed by atoms with Crippen molar-refractivity contribution in [2.75, 3.05) is 12.8 Å². The van der Waals surface area contributed by atoms with Gasteiger partial charge in [-0.2, -0.15) is 0 Å². The molecule has 0 saturated heterocycles. The van der Waals surface area contributed by atoms with E-state index in [0.29, 0.717) is 5.82 Å². The molecule has 0 amide bonds. The number of rotatable bonds is 9. The molecule has 21 heavy (non-hydrogen) atoms. The Morgan fingerprint density at radius 3 is 2.52 bits per heavy atom. The molecular formula is C16H29N3O2. The molecule has 1 rings (SSSR count). The first-order valence-electron chi connectivity index (χ1n) is 7.94. The Morgan fingerprint density at radius 1 is 1.29 bits per heavy atom. The fraction of sp³-hybridized carbons (Fsp3) is 0.750. The van der Waals surface area contributed by atoms with Gasteiger partial charge in [-0.3, -0.25) is 0 Å². The van der Waals surface area contributed by atoms with E-state index in [2.05, 4.69) is 18.8 Å². The molecule has 0 saturated carbocycles. The van der Waals surface area contributed by atoms with Gasteiger partial charge in [0.05, 0.1) is 7.11 Å². The number of carbonyl (C=O) groups excluding carboxylic acids is 1. The van der Waals surface area contributed by atoms with Crippen LogP contribution in [0.2, 0.25) is 0 Å². The van der Waals surface area contributed by atoms with Crippen LogP contribution in [-0.2, 0) is 17.7 Å². The molecular weight excluding hydrogens is 266 g/mol. The molecule has 0 fully saturated rings. The lowest BCUT2D eigenvalue weighted by molar-refractivity contribution is 0.0595. The highest BCUT2D eigenvalue weighted by Gasteiger charge is 2.19. The number of esters is 1. The molecule has 0 aliphatic rings. The monoisotopic (exact) mass is 295 g/mol. The minimum atomic E-state index is -0.460. The number of hydrogen-bond donors (Lipinski definition) is 1. The molecule has 0 atom stereocenters. The van der Waals surface area contributed by atoms with E-state index >= 15 is 0 Å². The third-order valence-electron chi connectivity index (χ3n) is 3.69. The number of nitrogens with two attached hydrogens (primary N) is 1. The second-order valence-corrected chi connectivity index (χ2v) is 5.86. The zero-order chi connectivity index (χ0) is 15.8. The van der Waals surface area contributed by atoms with Crippen LogP contribution < -0.4 is 5.73 Å². The minimum Gasteiger partial charge on any atom is -0.464 e. The van der Waals surface area contributed by atoms with E-state index in [1.807, 2.05) is 11.5 Å². The van der Waals surface area contributed by atoms with Crippen molar-refractivity contribution in [3.8, 4) is 0 Å². The summed E-state index contributed by atoms with van der Waals surface area (Å²) in [7, 11) is 1.35. The molecule has 120 valence electrons. The summed E-state index contributed by atoms with van der Waals surface area (Å²) in [5, 5.41) is 0. The summed E-state index contributed by atoms with van der Waals surface area (Å²) >= 11 is 0. The lowest BCUT2D eigenvalue weighted by Gasteiger charge is -2.09. The Bertz CT molecular complexity index is 453. The van der Waals surface area contributed by atoms with Gasteiger partial charge in [0.15, 0.2) is 5.69 Å². The number of unbranched alkanes of at least 4 members (excludes halogenated alkanes) is 3. The molecule has 5 heteroatoms. The summed E-state index contributed by atoms with van der Waals surface area (Å²) in [5.74, 6) is 1.61. The van der Waals surface area contributed by atoms with Crippen LogP contribution in [0.1, 0.15) is 69.2 Å². The first-order valence-corrected chi connectivity index (χ1v) is 7.94. The highest BCUT2D eigenvalue weighted by atomic mass is 16.5. The molecule has 1 heterocycles. The molecule has 0 aromatic carbocycles. The maximum Gasteiger partial charge on any atom is 0.360 e. The number of nitrogen functional groups attached to an aromatic ring is 1. The van der Waals surface area contributed by atoms with Crippen molar-refractivity contribution in [3.05, 3.63) is 11.5 Å². The van der Waals surface area contributed by atoms with Gasteiger partial charge in [0.1, 0.15) is 11.6 Å². The smallest absolute Gasteiger partial charge is 0.360 e. The number of methoxy groups -OCH3 is 1. The number of imidazole rings is 1. The van der Waals surface area contributed by atoms with E-state index in [4.69, 9.17) is 10.5 Å². The highest BCUT2D eigenvalue weighted by Crippen LogP contribution is 2.18. The second-order valence-electron chi connectivity index (χ2n) is 5.86. The maximum atomic E-state index is 11.6. The van der Waals surface area contributed by atoms with Crippen LogP contribution in [0.5, 0.6) is 0 Å². The third-order valence-corrected chi connectivity index (χ3v) is 3.69. The zero-order valence-electron chi connectivity index (χ0n) is 13.8. The van der Waals surface area contributed by atoms with Gasteiger partial charge in [-0.05, 0) is 12.3 Å². The van der Waals surface area contributed by atoms with Crippen molar-refractivity contribution in [3.63, 3.8) is 0 Å². The SMILES string of the molecule is CCc1nc(C(=O)OC)c(N)n1CCCCCCC(C)C. The van der Waals surface area contributed by atoms with Crippen molar-refractivity contribution >= 4 is 11.8 Å². The van der Waals surface area contributed by atoms with E-state index in [-0.39, 0.29) is 5.69 Å². The van der Waals surface area contributed by atoms with Crippen LogP contribution in [-0.4, -0.2) is 22.6 Å². The highest BCUT2D eigenvalue weighted by molar-refractivity contribution is 5.92. The number of ether oxygens (including phenoxy) is 1. The summed E-state index contributed by atoms with van der Waals surface area (Å²) in [6.45, 7) is 7.35. The van der Waals surface area contributed by atoms with E-state index in [1.165, 1.54) is 32.8 Å². The number of hydrogen-bond acceptors (Lipinski definition) is 4. The first kappa shape index (κ1) is 17.5. The lowest BCUT2D eigenvalue weighted by atomic mass is 10.0. The molecule has 0 bridgehead atoms. The zero-order valence-corrected chi connectivity index (χ0v) is 13.8. The van der Waals surface area contributed by atoms with Gasteiger partial charge < -0.3 is 15.0 Å². The van der Waals surface area contributed by atoms with Crippen molar-refractivity contribution in [2.45, 2.75) is 65.8 Å². The number of nitrogens with zero attached hydrogens (tertiary/aromatic N) is 2. The van der Waals surface area contributed by atoms with Crippen molar-refractivity contribution < 1.29 is 9.53 Å². The average Bonchev–Trinajstić information content (AvgIpc) is 2.78. The summed E-state index contributed by atoms with van der Waals surface area (Å²) < 4.78 is 6.67. The Hall–Kier alpha value is -1.52. The number of carbonyl (C=O) groups is 1. The largest absolute Gasteiger partial charge is 0.464 e. The fourth-order valence-corrected chi connectivity index (χ4v) is 2.46. The van der Waals surface area contributed by atoms with Crippen LogP contribution in [0.15, 0.2) is 0 Å². The molecule has 1 aromatic rings. The van der Waals surface area contributed by atoms with Gasteiger partial charge in [-0.25, -0.2) is 9.78 Å². The predicted octanol–water partition coefficient (Wildman–Crippen LogP) is 3.42. The Labute approximate surface area is 127 Å². The van der Waals surface area contributed by atoms with Gasteiger partial charge in [-0.1, -0.05) is 46.5 Å². The number of anilines is 1. The van der Waals surface area contributed by atoms with Gasteiger partial charge in [0.2, 0.25) is 0 Å². The molecule has 0 aliphatic carbocycles. The predicted molar refractivity (Wildman–Crippen MR) is 85.3 cm³/mol. The molecule has 5 nitrogen and oxygen atoms in total. The van der Waals surface area contributed by atoms with Gasteiger partial charge >= 0.3 is 5.97 Å². The third kappa shape index (κ3) is 5.06. The van der Waals surface area contributed by atoms with Gasteiger partial charge in [0.25, 0.3) is 0 Å². The second kappa shape index (κ2) is 8.70. The van der Waals surface area contributed by atoms with Crippen LogP contribution in [0.3, 0.4) is 0 Å². The van der Waals surface area contributed by atoms with E-state index < -0.39 is 5.97 Å². The summed E-state index contributed by atoms with van der Waals surface area (Å²) in [6, 6.07) is 0. The van der Waals surface area contributed by atoms with E-state index in [9.17, 15) is 4.79 Å². The van der Waals surface area contributed by atoms with E-state index in [0.717, 1.165) is 31.1 Å². The maximum absolute atomic E-state index is 11.6. The molecule has 0 spiro atoms. The van der Waals surface area contributed by atoms with Crippen LogP contribution >= 0.6 is 0 Å². The Morgan fingerprint density at radius 2 is 1.95 bits per heavy atom. The molecule has 0 aliphatic heterocycles. The minimum absolute atomic E-state index is 0.245. The molecule has 1 aromatic heterocycles. The molecule has 2 N–H and O–H groups in total. The quantitative estimate of drug-likeness (QED) is 0.560. The van der Waals surface area contributed by atoms with Gasteiger partial charge in [0, 0.05) is 13.0 Å². The van der Waals surface area contributed by atoms with E-state index in [1.54, 1.807) is 0 Å². The average molecular weight is 295 g/mol. The molecule has 0 radical (unpaired) electrons. The standard InChI is InChI=1S/C16H29N3O2/c1-5-13-18-14(16(20)21-4)15(17)19(13)11-9-7-6-8-10-12(2)3/h12H,5-11,17H2,1-4H3. The summed E-state index contributed by atoms with van der Waals surface area (Å²) in [4.78, 5) is 15.9. The lowest BCUT2D eigenvalue weighted by Crippen LogP contribution is -2.09. The first-order chi connectivity index (χ1) is 10.0. The normalized spacial score (nSPS) is 11.1. The topological polar surface area (TPSA) is 70.1 Å². The number of aryl methyl sites for hydroxylation is 1. The van der Waals surface area contributed by atoms with Gasteiger partial charge in [-0.15, -0.1) is 0 Å². The summed E-state index contributed by atoms with van der Waals surface area (Å²) in [5.41, 5.74) is 6.28. The Balaban J connectivity index is 2.54. The number of aromatic nitrogens is 2. The van der Waals surface area contributed by atoms with Crippen molar-refractivity contribution in [1.29, 1.82) is 0 Å².